The molecule has 6 heteroatoms. The van der Waals surface area contributed by atoms with Gasteiger partial charge in [-0.1, -0.05) is 29.3 Å². The molecule has 0 saturated carbocycles. The van der Waals surface area contributed by atoms with Crippen molar-refractivity contribution >= 4 is 26.0 Å². The lowest BCUT2D eigenvalue weighted by Crippen LogP contribution is -2.36. The van der Waals surface area contributed by atoms with Crippen LogP contribution in [0.25, 0.3) is 0 Å². The van der Waals surface area contributed by atoms with Gasteiger partial charge in [-0.05, 0) is 20.3 Å². The number of sulfonamides is 1. The van der Waals surface area contributed by atoms with Crippen molar-refractivity contribution in [2.24, 2.45) is 0 Å². The zero-order valence-electron chi connectivity index (χ0n) is 11.0. The Balaban J connectivity index is 4.28. The first kappa shape index (κ1) is 17.4. The summed E-state index contributed by atoms with van der Waals surface area (Å²) >= 11 is 3.29. The predicted octanol–water partition coefficient (Wildman–Crippen LogP) is 2.24. The van der Waals surface area contributed by atoms with Gasteiger partial charge in [0.2, 0.25) is 10.0 Å². The summed E-state index contributed by atoms with van der Waals surface area (Å²) in [5.74, 6) is 0.0713. The monoisotopic (exact) mass is 329 g/mol. The zero-order chi connectivity index (χ0) is 13.3. The minimum absolute atomic E-state index is 0.0713. The van der Waals surface area contributed by atoms with Crippen LogP contribution in [0.2, 0.25) is 0 Å². The second-order valence-corrected chi connectivity index (χ2v) is 7.06. The molecule has 0 bridgehead atoms. The molecule has 0 amide bonds. The third-order valence-corrected chi connectivity index (χ3v) is 4.47. The normalized spacial score (nSPS) is 12.6. The lowest BCUT2D eigenvalue weighted by atomic mass is 10.3. The molecule has 0 aromatic rings. The Morgan fingerprint density at radius 2 is 1.94 bits per heavy atom. The average Bonchev–Trinajstić information content (AvgIpc) is 2.23. The molecule has 0 spiro atoms. The van der Waals surface area contributed by atoms with Crippen molar-refractivity contribution < 1.29 is 13.2 Å². The van der Waals surface area contributed by atoms with Crippen LogP contribution in [0.5, 0.6) is 0 Å². The highest BCUT2D eigenvalue weighted by molar-refractivity contribution is 9.09. The number of alkyl halides is 1. The summed E-state index contributed by atoms with van der Waals surface area (Å²) in [4.78, 5) is 0. The molecule has 0 aliphatic carbocycles. The minimum atomic E-state index is -3.17. The molecule has 0 saturated heterocycles. The first-order valence-electron chi connectivity index (χ1n) is 6.09. The summed E-state index contributed by atoms with van der Waals surface area (Å²) in [6.07, 6.45) is 1.97. The SMILES string of the molecule is CCCCN(CCBr)S(=O)(=O)CCOC(C)C. The topological polar surface area (TPSA) is 46.6 Å². The fourth-order valence-electron chi connectivity index (χ4n) is 1.34. The molecule has 0 unspecified atom stereocenters. The molecule has 0 radical (unpaired) electrons. The van der Waals surface area contributed by atoms with E-state index in [4.69, 9.17) is 4.74 Å². The maximum Gasteiger partial charge on any atom is 0.216 e. The average molecular weight is 330 g/mol. The molecule has 104 valence electrons. The van der Waals surface area contributed by atoms with E-state index in [9.17, 15) is 8.42 Å². The maximum absolute atomic E-state index is 12.0. The fourth-order valence-corrected chi connectivity index (χ4v) is 3.34. The van der Waals surface area contributed by atoms with E-state index in [1.807, 2.05) is 13.8 Å². The van der Waals surface area contributed by atoms with Crippen molar-refractivity contribution in [3.63, 3.8) is 0 Å². The van der Waals surface area contributed by atoms with Gasteiger partial charge in [0.25, 0.3) is 0 Å². The van der Waals surface area contributed by atoms with Gasteiger partial charge in [-0.3, -0.25) is 0 Å². The van der Waals surface area contributed by atoms with Crippen LogP contribution < -0.4 is 0 Å². The van der Waals surface area contributed by atoms with Gasteiger partial charge < -0.3 is 4.74 Å². The molecule has 0 aliphatic rings. The Hall–Kier alpha value is 0.350. The van der Waals surface area contributed by atoms with Crippen LogP contribution in [0.3, 0.4) is 0 Å². The number of hydrogen-bond acceptors (Lipinski definition) is 3. The minimum Gasteiger partial charge on any atom is -0.378 e. The van der Waals surface area contributed by atoms with Gasteiger partial charge in [-0.2, -0.15) is 0 Å². The maximum atomic E-state index is 12.0. The van der Waals surface area contributed by atoms with Crippen LogP contribution in [-0.4, -0.2) is 49.6 Å². The number of nitrogens with zero attached hydrogens (tertiary/aromatic N) is 1. The second-order valence-electron chi connectivity index (χ2n) is 4.18. The first-order chi connectivity index (χ1) is 7.94. The van der Waals surface area contributed by atoms with Gasteiger partial charge in [0.05, 0.1) is 18.5 Å². The standard InChI is InChI=1S/C11H24BrNO3S/c1-4-5-7-13(8-6-12)17(14,15)10-9-16-11(2)3/h11H,4-10H2,1-3H3. The molecular weight excluding hydrogens is 306 g/mol. The van der Waals surface area contributed by atoms with Crippen LogP contribution >= 0.6 is 15.9 Å². The van der Waals surface area contributed by atoms with E-state index < -0.39 is 10.0 Å². The summed E-state index contributed by atoms with van der Waals surface area (Å²) < 4.78 is 30.9. The molecular formula is C11H24BrNO3S. The van der Waals surface area contributed by atoms with Crippen molar-refractivity contribution in [1.82, 2.24) is 4.31 Å². The molecule has 0 N–H and O–H groups in total. The highest BCUT2D eigenvalue weighted by Crippen LogP contribution is 2.06. The molecule has 17 heavy (non-hydrogen) atoms. The molecule has 0 aromatic carbocycles. The molecule has 0 heterocycles. The van der Waals surface area contributed by atoms with Gasteiger partial charge in [-0.15, -0.1) is 0 Å². The van der Waals surface area contributed by atoms with Crippen molar-refractivity contribution in [2.45, 2.75) is 39.7 Å². The largest absolute Gasteiger partial charge is 0.378 e. The van der Waals surface area contributed by atoms with Gasteiger partial charge in [-0.25, -0.2) is 12.7 Å². The van der Waals surface area contributed by atoms with E-state index in [1.54, 1.807) is 4.31 Å². The Morgan fingerprint density at radius 3 is 2.41 bits per heavy atom. The lowest BCUT2D eigenvalue weighted by molar-refractivity contribution is 0.0907. The van der Waals surface area contributed by atoms with Gasteiger partial charge in [0, 0.05) is 18.4 Å². The second kappa shape index (κ2) is 9.30. The first-order valence-corrected chi connectivity index (χ1v) is 8.82. The smallest absolute Gasteiger partial charge is 0.216 e. The number of ether oxygens (including phenoxy) is 1. The van der Waals surface area contributed by atoms with Gasteiger partial charge in [0.15, 0.2) is 0 Å². The van der Waals surface area contributed by atoms with Crippen LogP contribution in [0, 0.1) is 0 Å². The van der Waals surface area contributed by atoms with E-state index in [1.165, 1.54) is 0 Å². The summed E-state index contributed by atoms with van der Waals surface area (Å²) in [5.41, 5.74) is 0. The van der Waals surface area contributed by atoms with E-state index in [2.05, 4.69) is 22.9 Å². The molecule has 0 fully saturated rings. The number of hydrogen-bond donors (Lipinski definition) is 0. The Kier molecular flexibility index (Phi) is 9.49. The van der Waals surface area contributed by atoms with Crippen LogP contribution in [0.1, 0.15) is 33.6 Å². The lowest BCUT2D eigenvalue weighted by Gasteiger charge is -2.21. The molecule has 0 rings (SSSR count). The number of rotatable bonds is 10. The number of unbranched alkanes of at least 4 members (excludes halogenated alkanes) is 1. The Bertz CT molecular complexity index is 280. The van der Waals surface area contributed by atoms with Gasteiger partial charge >= 0.3 is 0 Å². The third kappa shape index (κ3) is 8.13. The Morgan fingerprint density at radius 1 is 1.29 bits per heavy atom. The van der Waals surface area contributed by atoms with Crippen molar-refractivity contribution in [2.75, 3.05) is 30.8 Å². The molecule has 0 aliphatic heterocycles. The summed E-state index contributed by atoms with van der Waals surface area (Å²) in [6, 6.07) is 0. The highest BCUT2D eigenvalue weighted by atomic mass is 79.9. The van der Waals surface area contributed by atoms with Crippen LogP contribution in [0.15, 0.2) is 0 Å². The summed E-state index contributed by atoms with van der Waals surface area (Å²) in [7, 11) is -3.17. The Labute approximate surface area is 114 Å². The fraction of sp³-hybridized carbons (Fsp3) is 1.00. The van der Waals surface area contributed by atoms with E-state index in [0.29, 0.717) is 18.4 Å². The van der Waals surface area contributed by atoms with Crippen molar-refractivity contribution in [3.05, 3.63) is 0 Å². The summed E-state index contributed by atoms with van der Waals surface area (Å²) in [5, 5.41) is 0.668. The summed E-state index contributed by atoms with van der Waals surface area (Å²) in [6.45, 7) is 7.27. The van der Waals surface area contributed by atoms with E-state index in [-0.39, 0.29) is 18.5 Å². The molecule has 0 aromatic heterocycles. The van der Waals surface area contributed by atoms with Crippen molar-refractivity contribution in [1.29, 1.82) is 0 Å². The van der Waals surface area contributed by atoms with Crippen LogP contribution in [-0.2, 0) is 14.8 Å². The molecule has 4 nitrogen and oxygen atoms in total. The third-order valence-electron chi connectivity index (χ3n) is 2.28. The van der Waals surface area contributed by atoms with E-state index >= 15 is 0 Å². The van der Waals surface area contributed by atoms with Gasteiger partial charge in [0.1, 0.15) is 0 Å². The number of halogens is 1. The zero-order valence-corrected chi connectivity index (χ0v) is 13.4. The predicted molar refractivity (Wildman–Crippen MR) is 75.1 cm³/mol. The highest BCUT2D eigenvalue weighted by Gasteiger charge is 2.20. The quantitative estimate of drug-likeness (QED) is 0.577. The van der Waals surface area contributed by atoms with Crippen LogP contribution in [0.4, 0.5) is 0 Å². The molecule has 0 atom stereocenters. The van der Waals surface area contributed by atoms with Crippen molar-refractivity contribution in [3.8, 4) is 0 Å². The van der Waals surface area contributed by atoms with E-state index in [0.717, 1.165) is 12.8 Å².